The number of nitrogens with one attached hydrogen (secondary N) is 1. The first kappa shape index (κ1) is 9.34. The number of hydrogen-bond donors (Lipinski definition) is 1. The Morgan fingerprint density at radius 3 is 3.07 bits per heavy atom. The van der Waals surface area contributed by atoms with Crippen molar-refractivity contribution in [3.8, 4) is 17.5 Å². The number of H-pyrrole nitrogens is 1. The van der Waals surface area contributed by atoms with Crippen LogP contribution < -0.4 is 0 Å². The van der Waals surface area contributed by atoms with Crippen molar-refractivity contribution in [1.29, 1.82) is 5.26 Å². The van der Waals surface area contributed by atoms with Crippen LogP contribution in [0.15, 0.2) is 24.3 Å². The summed E-state index contributed by atoms with van der Waals surface area (Å²) >= 11 is 0. The third kappa shape index (κ3) is 1.99. The zero-order valence-corrected chi connectivity index (χ0v) is 7.74. The average molecular weight is 202 g/mol. The zero-order valence-electron chi connectivity index (χ0n) is 7.74. The van der Waals surface area contributed by atoms with Gasteiger partial charge < -0.3 is 0 Å². The van der Waals surface area contributed by atoms with Gasteiger partial charge in [-0.05, 0) is 12.1 Å². The third-order valence-corrected chi connectivity index (χ3v) is 1.86. The van der Waals surface area contributed by atoms with Gasteiger partial charge in [-0.1, -0.05) is 12.1 Å². The highest BCUT2D eigenvalue weighted by Gasteiger charge is 2.05. The van der Waals surface area contributed by atoms with E-state index in [9.17, 15) is 4.39 Å². The van der Waals surface area contributed by atoms with Gasteiger partial charge in [-0.25, -0.2) is 9.37 Å². The van der Waals surface area contributed by atoms with E-state index in [1.165, 1.54) is 12.1 Å². The quantitative estimate of drug-likeness (QED) is 0.805. The second kappa shape index (κ2) is 3.88. The number of nitriles is 1. The summed E-state index contributed by atoms with van der Waals surface area (Å²) < 4.78 is 12.9. The molecule has 1 aromatic heterocycles. The molecule has 2 rings (SSSR count). The molecule has 15 heavy (non-hydrogen) atoms. The lowest BCUT2D eigenvalue weighted by molar-refractivity contribution is 0.628. The van der Waals surface area contributed by atoms with Gasteiger partial charge in [0.2, 0.25) is 0 Å². The molecule has 0 amide bonds. The van der Waals surface area contributed by atoms with Gasteiger partial charge in [-0.3, -0.25) is 5.10 Å². The fourth-order valence-corrected chi connectivity index (χ4v) is 1.21. The standard InChI is InChI=1S/C10H7FN4/c11-8-3-1-2-7(6-8)10-13-9(4-5-12)14-15-10/h1-3,6H,4H2,(H,13,14,15). The maximum absolute atomic E-state index is 12.9. The lowest BCUT2D eigenvalue weighted by Gasteiger charge is -1.93. The Balaban J connectivity index is 2.34. The van der Waals surface area contributed by atoms with Gasteiger partial charge in [-0.2, -0.15) is 10.4 Å². The highest BCUT2D eigenvalue weighted by molar-refractivity contribution is 5.54. The van der Waals surface area contributed by atoms with Gasteiger partial charge in [0, 0.05) is 5.56 Å². The monoisotopic (exact) mass is 202 g/mol. The Bertz CT molecular complexity index is 512. The van der Waals surface area contributed by atoms with Crippen molar-refractivity contribution in [3.05, 3.63) is 35.9 Å². The lowest BCUT2D eigenvalue weighted by atomic mass is 10.2. The molecular formula is C10H7FN4. The van der Waals surface area contributed by atoms with E-state index >= 15 is 0 Å². The molecule has 4 nitrogen and oxygen atoms in total. The summed E-state index contributed by atoms with van der Waals surface area (Å²) in [5, 5.41) is 15.0. The first-order valence-corrected chi connectivity index (χ1v) is 4.34. The Labute approximate surface area is 85.4 Å². The normalized spacial score (nSPS) is 9.87. The molecule has 0 atom stereocenters. The summed E-state index contributed by atoms with van der Waals surface area (Å²) in [6, 6.07) is 7.95. The average Bonchev–Trinajstić information content (AvgIpc) is 2.67. The van der Waals surface area contributed by atoms with E-state index in [2.05, 4.69) is 15.2 Å². The van der Waals surface area contributed by atoms with Crippen LogP contribution in [0.3, 0.4) is 0 Å². The van der Waals surface area contributed by atoms with Gasteiger partial charge in [0.15, 0.2) is 5.82 Å². The van der Waals surface area contributed by atoms with Crippen molar-refractivity contribution in [3.63, 3.8) is 0 Å². The molecule has 0 aliphatic heterocycles. The van der Waals surface area contributed by atoms with E-state index in [1.807, 2.05) is 6.07 Å². The summed E-state index contributed by atoms with van der Waals surface area (Å²) in [6.07, 6.45) is 0.169. The molecule has 0 unspecified atom stereocenters. The summed E-state index contributed by atoms with van der Waals surface area (Å²) in [7, 11) is 0. The maximum atomic E-state index is 12.9. The molecule has 0 fully saturated rings. The molecule has 1 aromatic carbocycles. The first-order valence-electron chi connectivity index (χ1n) is 4.34. The summed E-state index contributed by atoms with van der Waals surface area (Å²) in [5.74, 6) is 0.552. The Morgan fingerprint density at radius 1 is 1.47 bits per heavy atom. The van der Waals surface area contributed by atoms with E-state index in [0.29, 0.717) is 17.2 Å². The molecule has 74 valence electrons. The molecule has 0 spiro atoms. The van der Waals surface area contributed by atoms with Crippen LogP contribution in [0.5, 0.6) is 0 Å². The number of nitrogens with zero attached hydrogens (tertiary/aromatic N) is 3. The second-order valence-electron chi connectivity index (χ2n) is 2.95. The minimum atomic E-state index is -0.334. The van der Waals surface area contributed by atoms with Crippen LogP contribution in [-0.4, -0.2) is 15.2 Å². The molecule has 0 saturated carbocycles. The van der Waals surface area contributed by atoms with E-state index in [-0.39, 0.29) is 12.2 Å². The van der Waals surface area contributed by atoms with Crippen molar-refractivity contribution in [2.75, 3.05) is 0 Å². The van der Waals surface area contributed by atoms with Crippen LogP contribution >= 0.6 is 0 Å². The number of rotatable bonds is 2. The minimum Gasteiger partial charge on any atom is -0.262 e. The predicted molar refractivity (Wildman–Crippen MR) is 51.1 cm³/mol. The molecule has 0 aliphatic rings. The minimum absolute atomic E-state index is 0.169. The van der Waals surface area contributed by atoms with Gasteiger partial charge >= 0.3 is 0 Å². The Hall–Kier alpha value is -2.22. The highest BCUT2D eigenvalue weighted by Crippen LogP contribution is 2.15. The molecular weight excluding hydrogens is 195 g/mol. The highest BCUT2D eigenvalue weighted by atomic mass is 19.1. The number of aromatic amines is 1. The van der Waals surface area contributed by atoms with Crippen LogP contribution in [0.4, 0.5) is 4.39 Å². The topological polar surface area (TPSA) is 65.4 Å². The van der Waals surface area contributed by atoms with Crippen molar-refractivity contribution in [2.24, 2.45) is 0 Å². The van der Waals surface area contributed by atoms with E-state index < -0.39 is 0 Å². The maximum Gasteiger partial charge on any atom is 0.181 e. The Morgan fingerprint density at radius 2 is 2.33 bits per heavy atom. The summed E-state index contributed by atoms with van der Waals surface area (Å²) in [4.78, 5) is 4.06. The molecule has 0 bridgehead atoms. The number of benzene rings is 1. The lowest BCUT2D eigenvalue weighted by Crippen LogP contribution is -1.84. The molecule has 1 heterocycles. The zero-order chi connectivity index (χ0) is 10.7. The number of aromatic nitrogens is 3. The van der Waals surface area contributed by atoms with E-state index in [4.69, 9.17) is 5.26 Å². The second-order valence-corrected chi connectivity index (χ2v) is 2.95. The van der Waals surface area contributed by atoms with Gasteiger partial charge in [0.05, 0.1) is 12.5 Å². The summed E-state index contributed by atoms with van der Waals surface area (Å²) in [5.41, 5.74) is 0.593. The van der Waals surface area contributed by atoms with Crippen molar-refractivity contribution in [2.45, 2.75) is 6.42 Å². The SMILES string of the molecule is N#CCc1nc(-c2cccc(F)c2)n[nH]1. The number of halogens is 1. The van der Waals surface area contributed by atoms with Crippen LogP contribution in [0.1, 0.15) is 5.82 Å². The number of hydrogen-bond acceptors (Lipinski definition) is 3. The van der Waals surface area contributed by atoms with E-state index in [1.54, 1.807) is 12.1 Å². The van der Waals surface area contributed by atoms with Gasteiger partial charge in [0.25, 0.3) is 0 Å². The smallest absolute Gasteiger partial charge is 0.181 e. The largest absolute Gasteiger partial charge is 0.262 e. The van der Waals surface area contributed by atoms with Gasteiger partial charge in [0.1, 0.15) is 11.6 Å². The van der Waals surface area contributed by atoms with Gasteiger partial charge in [-0.15, -0.1) is 0 Å². The van der Waals surface area contributed by atoms with Crippen molar-refractivity contribution in [1.82, 2.24) is 15.2 Å². The molecule has 1 N–H and O–H groups in total. The van der Waals surface area contributed by atoms with Crippen LogP contribution in [0, 0.1) is 17.1 Å². The van der Waals surface area contributed by atoms with Crippen LogP contribution in [-0.2, 0) is 6.42 Å². The molecule has 0 aliphatic carbocycles. The van der Waals surface area contributed by atoms with Crippen molar-refractivity contribution >= 4 is 0 Å². The fraction of sp³-hybridized carbons (Fsp3) is 0.100. The van der Waals surface area contributed by atoms with Crippen LogP contribution in [0.25, 0.3) is 11.4 Å². The Kier molecular flexibility index (Phi) is 2.42. The van der Waals surface area contributed by atoms with E-state index in [0.717, 1.165) is 0 Å². The molecule has 0 saturated heterocycles. The van der Waals surface area contributed by atoms with Crippen molar-refractivity contribution < 1.29 is 4.39 Å². The first-order chi connectivity index (χ1) is 7.29. The molecule has 5 heteroatoms. The van der Waals surface area contributed by atoms with Crippen LogP contribution in [0.2, 0.25) is 0 Å². The fourth-order valence-electron chi connectivity index (χ4n) is 1.21. The third-order valence-electron chi connectivity index (χ3n) is 1.86. The summed E-state index contributed by atoms with van der Waals surface area (Å²) in [6.45, 7) is 0. The molecule has 0 radical (unpaired) electrons. The molecule has 2 aromatic rings. The predicted octanol–water partition coefficient (Wildman–Crippen LogP) is 1.68.